The van der Waals surface area contributed by atoms with E-state index in [4.69, 9.17) is 10.4 Å². The summed E-state index contributed by atoms with van der Waals surface area (Å²) >= 11 is 1.38. The van der Waals surface area contributed by atoms with Crippen molar-refractivity contribution in [2.45, 2.75) is 26.2 Å². The molecular formula is C12H12N2O3S. The van der Waals surface area contributed by atoms with Crippen molar-refractivity contribution in [3.05, 3.63) is 16.0 Å². The first-order chi connectivity index (χ1) is 8.54. The summed E-state index contributed by atoms with van der Waals surface area (Å²) in [5.41, 5.74) is 1.51. The monoisotopic (exact) mass is 264 g/mol. The predicted molar refractivity (Wildman–Crippen MR) is 66.5 cm³/mol. The van der Waals surface area contributed by atoms with E-state index in [0.29, 0.717) is 10.6 Å². The SMILES string of the molecule is CC(C(=O)O)C(=O)Nc1sc2c(c1C#N)CCC2. The van der Waals surface area contributed by atoms with E-state index in [-0.39, 0.29) is 0 Å². The molecular weight excluding hydrogens is 252 g/mol. The molecule has 0 saturated carbocycles. The molecule has 1 amide bonds. The molecule has 1 aliphatic carbocycles. The second kappa shape index (κ2) is 4.78. The number of thiophene rings is 1. The lowest BCUT2D eigenvalue weighted by atomic mass is 10.1. The predicted octanol–water partition coefficient (Wildman–Crippen LogP) is 1.77. The lowest BCUT2D eigenvalue weighted by molar-refractivity contribution is -0.144. The number of hydrogen-bond donors (Lipinski definition) is 2. The van der Waals surface area contributed by atoms with Crippen molar-refractivity contribution in [2.75, 3.05) is 5.32 Å². The number of carboxylic acid groups (broad SMARTS) is 1. The van der Waals surface area contributed by atoms with Gasteiger partial charge >= 0.3 is 5.97 Å². The van der Waals surface area contributed by atoms with E-state index in [1.165, 1.54) is 18.3 Å². The Hall–Kier alpha value is -1.87. The van der Waals surface area contributed by atoms with Crippen LogP contribution in [0.5, 0.6) is 0 Å². The van der Waals surface area contributed by atoms with Gasteiger partial charge in [0.15, 0.2) is 0 Å². The van der Waals surface area contributed by atoms with Crippen LogP contribution in [-0.4, -0.2) is 17.0 Å². The van der Waals surface area contributed by atoms with Crippen LogP contribution in [-0.2, 0) is 22.4 Å². The van der Waals surface area contributed by atoms with Gasteiger partial charge in [0.25, 0.3) is 0 Å². The van der Waals surface area contributed by atoms with Gasteiger partial charge in [-0.2, -0.15) is 5.26 Å². The largest absolute Gasteiger partial charge is 0.481 e. The fourth-order valence-corrected chi connectivity index (χ4v) is 3.19. The summed E-state index contributed by atoms with van der Waals surface area (Å²) < 4.78 is 0. The van der Waals surface area contributed by atoms with Crippen molar-refractivity contribution in [2.24, 2.45) is 5.92 Å². The summed E-state index contributed by atoms with van der Waals surface area (Å²) in [6.45, 7) is 1.32. The van der Waals surface area contributed by atoms with Crippen molar-refractivity contribution in [1.82, 2.24) is 0 Å². The second-order valence-electron chi connectivity index (χ2n) is 4.22. The van der Waals surface area contributed by atoms with Gasteiger partial charge in [-0.3, -0.25) is 9.59 Å². The van der Waals surface area contributed by atoms with E-state index in [0.717, 1.165) is 29.7 Å². The molecule has 2 N–H and O–H groups in total. The van der Waals surface area contributed by atoms with E-state index in [9.17, 15) is 9.59 Å². The van der Waals surface area contributed by atoms with Gasteiger partial charge in [-0.1, -0.05) is 0 Å². The number of carbonyl (C=O) groups is 2. The molecule has 5 nitrogen and oxygen atoms in total. The fourth-order valence-electron chi connectivity index (χ4n) is 1.94. The summed E-state index contributed by atoms with van der Waals surface area (Å²) in [6, 6.07) is 2.10. The van der Waals surface area contributed by atoms with Gasteiger partial charge in [0.1, 0.15) is 17.0 Å². The highest BCUT2D eigenvalue weighted by molar-refractivity contribution is 7.16. The number of carboxylic acids is 1. The maximum absolute atomic E-state index is 11.7. The molecule has 18 heavy (non-hydrogen) atoms. The summed E-state index contributed by atoms with van der Waals surface area (Å²) in [5.74, 6) is -2.87. The summed E-state index contributed by atoms with van der Waals surface area (Å²) in [6.07, 6.45) is 2.83. The van der Waals surface area contributed by atoms with Gasteiger partial charge in [0.2, 0.25) is 5.91 Å². The average Bonchev–Trinajstić information content (AvgIpc) is 2.87. The Labute approximate surface area is 108 Å². The number of amides is 1. The number of carbonyl (C=O) groups excluding carboxylic acids is 1. The molecule has 1 aromatic heterocycles. The van der Waals surface area contributed by atoms with Gasteiger partial charge in [-0.25, -0.2) is 0 Å². The van der Waals surface area contributed by atoms with E-state index in [1.807, 2.05) is 0 Å². The number of aliphatic carboxylic acids is 1. The lowest BCUT2D eigenvalue weighted by Gasteiger charge is -2.07. The summed E-state index contributed by atoms with van der Waals surface area (Å²) in [4.78, 5) is 23.5. The number of anilines is 1. The van der Waals surface area contributed by atoms with Gasteiger partial charge in [0, 0.05) is 4.88 Å². The van der Waals surface area contributed by atoms with Gasteiger partial charge in [-0.15, -0.1) is 11.3 Å². The Morgan fingerprint density at radius 1 is 1.50 bits per heavy atom. The standard InChI is InChI=1S/C12H12N2O3S/c1-6(12(16)17)10(15)14-11-8(5-13)7-3-2-4-9(7)18-11/h6H,2-4H2,1H3,(H,14,15)(H,16,17). The third-order valence-electron chi connectivity index (χ3n) is 3.03. The van der Waals surface area contributed by atoms with E-state index in [1.54, 1.807) is 0 Å². The minimum absolute atomic E-state index is 0.486. The third-order valence-corrected chi connectivity index (χ3v) is 4.24. The highest BCUT2D eigenvalue weighted by Gasteiger charge is 2.26. The van der Waals surface area contributed by atoms with Crippen LogP contribution in [0.2, 0.25) is 0 Å². The van der Waals surface area contributed by atoms with Gasteiger partial charge < -0.3 is 10.4 Å². The quantitative estimate of drug-likeness (QED) is 0.814. The van der Waals surface area contributed by atoms with Gasteiger partial charge in [0.05, 0.1) is 5.56 Å². The number of rotatable bonds is 3. The van der Waals surface area contributed by atoms with E-state index in [2.05, 4.69) is 11.4 Å². The number of nitrogens with zero attached hydrogens (tertiary/aromatic N) is 1. The average molecular weight is 264 g/mol. The van der Waals surface area contributed by atoms with Crippen molar-refractivity contribution < 1.29 is 14.7 Å². The van der Waals surface area contributed by atoms with Crippen LogP contribution < -0.4 is 5.32 Å². The van der Waals surface area contributed by atoms with Crippen LogP contribution >= 0.6 is 11.3 Å². The zero-order valence-electron chi connectivity index (χ0n) is 9.82. The molecule has 0 aromatic carbocycles. The first-order valence-electron chi connectivity index (χ1n) is 5.63. The summed E-state index contributed by atoms with van der Waals surface area (Å²) in [5, 5.41) is 20.9. The molecule has 1 unspecified atom stereocenters. The summed E-state index contributed by atoms with van der Waals surface area (Å²) in [7, 11) is 0. The van der Waals surface area contributed by atoms with Gasteiger partial charge in [-0.05, 0) is 31.7 Å². The number of fused-ring (bicyclic) bond motifs is 1. The normalized spacial score (nSPS) is 14.7. The molecule has 0 bridgehead atoms. The maximum atomic E-state index is 11.7. The molecule has 1 atom stereocenters. The fraction of sp³-hybridized carbons (Fsp3) is 0.417. The van der Waals surface area contributed by atoms with E-state index < -0.39 is 17.8 Å². The third kappa shape index (κ3) is 2.09. The molecule has 6 heteroatoms. The molecule has 0 aliphatic heterocycles. The van der Waals surface area contributed by atoms with Crippen LogP contribution in [0.4, 0.5) is 5.00 Å². The molecule has 0 saturated heterocycles. The molecule has 2 rings (SSSR count). The number of hydrogen-bond acceptors (Lipinski definition) is 4. The Morgan fingerprint density at radius 2 is 2.22 bits per heavy atom. The topological polar surface area (TPSA) is 90.2 Å². The molecule has 0 fully saturated rings. The Bertz CT molecular complexity index is 556. The highest BCUT2D eigenvalue weighted by atomic mass is 32.1. The highest BCUT2D eigenvalue weighted by Crippen LogP contribution is 2.38. The first-order valence-corrected chi connectivity index (χ1v) is 6.44. The number of aryl methyl sites for hydroxylation is 1. The van der Waals surface area contributed by atoms with Crippen LogP contribution in [0.1, 0.15) is 29.3 Å². The van der Waals surface area contributed by atoms with Crippen molar-refractivity contribution in [3.63, 3.8) is 0 Å². The molecule has 0 radical (unpaired) electrons. The van der Waals surface area contributed by atoms with Crippen LogP contribution in [0.3, 0.4) is 0 Å². The van der Waals surface area contributed by atoms with E-state index >= 15 is 0 Å². The molecule has 0 spiro atoms. The smallest absolute Gasteiger partial charge is 0.315 e. The zero-order chi connectivity index (χ0) is 13.3. The minimum Gasteiger partial charge on any atom is -0.481 e. The molecule has 1 aromatic rings. The van der Waals surface area contributed by atoms with Crippen LogP contribution in [0.15, 0.2) is 0 Å². The van der Waals surface area contributed by atoms with Crippen LogP contribution in [0.25, 0.3) is 0 Å². The molecule has 1 heterocycles. The number of nitriles is 1. The number of nitrogens with one attached hydrogen (secondary N) is 1. The molecule has 94 valence electrons. The zero-order valence-corrected chi connectivity index (χ0v) is 10.6. The maximum Gasteiger partial charge on any atom is 0.315 e. The second-order valence-corrected chi connectivity index (χ2v) is 5.33. The lowest BCUT2D eigenvalue weighted by Crippen LogP contribution is -2.26. The van der Waals surface area contributed by atoms with Crippen LogP contribution in [0, 0.1) is 17.2 Å². The Kier molecular flexibility index (Phi) is 3.34. The van der Waals surface area contributed by atoms with Crippen molar-refractivity contribution >= 4 is 28.2 Å². The first kappa shape index (κ1) is 12.6. The Morgan fingerprint density at radius 3 is 2.83 bits per heavy atom. The molecule has 1 aliphatic rings. The van der Waals surface area contributed by atoms with Crippen molar-refractivity contribution in [1.29, 1.82) is 5.26 Å². The minimum atomic E-state index is -1.17. The van der Waals surface area contributed by atoms with Crippen molar-refractivity contribution in [3.8, 4) is 6.07 Å². The Balaban J connectivity index is 2.23.